The molecule has 0 spiro atoms. The highest BCUT2D eigenvalue weighted by atomic mass is 16.7. The van der Waals surface area contributed by atoms with Crippen molar-refractivity contribution in [3.63, 3.8) is 0 Å². The van der Waals surface area contributed by atoms with Crippen LogP contribution in [-0.4, -0.2) is 18.0 Å². The van der Waals surface area contributed by atoms with Gasteiger partial charge in [-0.1, -0.05) is 48.5 Å². The fourth-order valence-electron chi connectivity index (χ4n) is 5.38. The molecule has 0 saturated carbocycles. The summed E-state index contributed by atoms with van der Waals surface area (Å²) >= 11 is 0. The van der Waals surface area contributed by atoms with Crippen molar-refractivity contribution in [3.05, 3.63) is 105 Å². The lowest BCUT2D eigenvalue weighted by Gasteiger charge is -2.20. The Labute approximate surface area is 209 Å². The minimum Gasteiger partial charge on any atom is -0.507 e. The Morgan fingerprint density at radius 1 is 0.865 bits per heavy atom. The van der Waals surface area contributed by atoms with Gasteiger partial charge in [0.1, 0.15) is 28.4 Å². The summed E-state index contributed by atoms with van der Waals surface area (Å²) in [6, 6.07) is 21.7. The van der Waals surface area contributed by atoms with Gasteiger partial charge in [0, 0.05) is 18.1 Å². The number of phenols is 1. The van der Waals surface area contributed by atoms with Crippen molar-refractivity contribution in [2.75, 3.05) is 6.61 Å². The van der Waals surface area contributed by atoms with Crippen LogP contribution in [0.3, 0.4) is 0 Å². The molecule has 1 aliphatic carbocycles. The molecule has 0 saturated heterocycles. The van der Waals surface area contributed by atoms with E-state index in [1.807, 2.05) is 48.5 Å². The fourth-order valence-corrected chi connectivity index (χ4v) is 5.38. The second-order valence-electron chi connectivity index (χ2n) is 9.04. The Morgan fingerprint density at radius 3 is 2.49 bits per heavy atom. The largest absolute Gasteiger partial charge is 0.507 e. The molecule has 3 aliphatic rings. The van der Waals surface area contributed by atoms with E-state index in [0.29, 0.717) is 27.9 Å². The zero-order valence-corrected chi connectivity index (χ0v) is 19.7. The van der Waals surface area contributed by atoms with Crippen molar-refractivity contribution in [1.82, 2.24) is 0 Å². The Kier molecular flexibility index (Phi) is 4.65. The van der Waals surface area contributed by atoms with Crippen LogP contribution in [0.4, 0.5) is 0 Å². The molecule has 1 aromatic heterocycles. The van der Waals surface area contributed by atoms with Crippen LogP contribution < -0.4 is 15.8 Å². The van der Waals surface area contributed by atoms with Gasteiger partial charge in [0.05, 0.1) is 28.0 Å². The van der Waals surface area contributed by atoms with E-state index in [2.05, 4.69) is 0 Å². The lowest BCUT2D eigenvalue weighted by Crippen LogP contribution is -2.29. The molecule has 0 radical (unpaired) electrons. The third kappa shape index (κ3) is 3.11. The molecule has 1 N–H and O–H groups in total. The maximum atomic E-state index is 13.5. The lowest BCUT2D eigenvalue weighted by atomic mass is 9.88. The van der Waals surface area contributed by atoms with Crippen LogP contribution in [0.2, 0.25) is 0 Å². The zero-order valence-electron chi connectivity index (χ0n) is 19.7. The van der Waals surface area contributed by atoms with Gasteiger partial charge in [0.2, 0.25) is 6.29 Å². The lowest BCUT2D eigenvalue weighted by molar-refractivity contribution is -0.0696. The number of benzene rings is 4. The van der Waals surface area contributed by atoms with Gasteiger partial charge < -0.3 is 23.4 Å². The zero-order chi connectivity index (χ0) is 25.3. The molecule has 0 bridgehead atoms. The molecular formula is C30H20O7. The maximum Gasteiger partial charge on any atom is 0.344 e. The predicted octanol–water partition coefficient (Wildman–Crippen LogP) is 5.75. The Balaban J connectivity index is 1.55. The second kappa shape index (κ2) is 7.94. The van der Waals surface area contributed by atoms with Crippen molar-refractivity contribution in [2.24, 2.45) is 0 Å². The van der Waals surface area contributed by atoms with Crippen LogP contribution in [0.15, 0.2) is 91.2 Å². The summed E-state index contributed by atoms with van der Waals surface area (Å²) in [4.78, 5) is 26.8. The van der Waals surface area contributed by atoms with Crippen LogP contribution in [0.5, 0.6) is 11.5 Å². The van der Waals surface area contributed by atoms with Crippen LogP contribution in [0.1, 0.15) is 24.0 Å². The molecule has 7 heteroatoms. The van der Waals surface area contributed by atoms with Crippen LogP contribution in [0, 0.1) is 0 Å². The minimum atomic E-state index is -1.01. The van der Waals surface area contributed by atoms with E-state index in [1.54, 1.807) is 25.1 Å². The summed E-state index contributed by atoms with van der Waals surface area (Å²) in [5, 5.41) is 14.6. The van der Waals surface area contributed by atoms with E-state index in [-0.39, 0.29) is 29.2 Å². The summed E-state index contributed by atoms with van der Waals surface area (Å²) < 4.78 is 23.8. The molecule has 37 heavy (non-hydrogen) atoms. The molecule has 7 rings (SSSR count). The predicted molar refractivity (Wildman–Crippen MR) is 139 cm³/mol. The number of ether oxygens (including phenoxy) is 2. The second-order valence-corrected chi connectivity index (χ2v) is 9.04. The Morgan fingerprint density at radius 2 is 1.65 bits per heavy atom. The average Bonchev–Trinajstić information content (AvgIpc) is 3.27. The number of aromatic hydroxyl groups is 1. The van der Waals surface area contributed by atoms with Crippen LogP contribution in [0.25, 0.3) is 44.0 Å². The molecule has 3 heterocycles. The van der Waals surface area contributed by atoms with Gasteiger partial charge in [-0.05, 0) is 35.9 Å². The van der Waals surface area contributed by atoms with Crippen LogP contribution >= 0.6 is 0 Å². The van der Waals surface area contributed by atoms with E-state index in [0.717, 1.165) is 16.2 Å². The number of phenolic OH excluding ortho intramolecular Hbond substituents is 1. The SMILES string of the molecule is CCOC1Oc2c(c(=O)oc3ccc4ccccc4c23)C1c1c(O)c2cc3ccccc3oc-2cc1=O. The highest BCUT2D eigenvalue weighted by Crippen LogP contribution is 2.49. The summed E-state index contributed by atoms with van der Waals surface area (Å²) in [7, 11) is 0. The Bertz CT molecular complexity index is 1950. The number of hydrogen-bond donors (Lipinski definition) is 1. The van der Waals surface area contributed by atoms with Gasteiger partial charge in [-0.2, -0.15) is 0 Å². The third-order valence-corrected chi connectivity index (χ3v) is 6.99. The fraction of sp³-hybridized carbons (Fsp3) is 0.133. The monoisotopic (exact) mass is 492 g/mol. The first-order valence-electron chi connectivity index (χ1n) is 12.0. The minimum absolute atomic E-state index is 0.00191. The normalized spacial score (nSPS) is 17.0. The number of hydrogen-bond acceptors (Lipinski definition) is 7. The quantitative estimate of drug-likeness (QED) is 0.191. The highest BCUT2D eigenvalue weighted by molar-refractivity contribution is 6.09. The van der Waals surface area contributed by atoms with Crippen molar-refractivity contribution < 1.29 is 23.4 Å². The van der Waals surface area contributed by atoms with E-state index >= 15 is 0 Å². The summed E-state index contributed by atoms with van der Waals surface area (Å²) in [5.74, 6) is -0.735. The van der Waals surface area contributed by atoms with Gasteiger partial charge in [-0.3, -0.25) is 4.79 Å². The van der Waals surface area contributed by atoms with Gasteiger partial charge in [-0.15, -0.1) is 0 Å². The summed E-state index contributed by atoms with van der Waals surface area (Å²) in [5.41, 5.74) is 0.317. The smallest absolute Gasteiger partial charge is 0.344 e. The summed E-state index contributed by atoms with van der Waals surface area (Å²) in [6.45, 7) is 2.06. The molecule has 2 unspecified atom stereocenters. The molecule has 4 aromatic rings. The van der Waals surface area contributed by atoms with Gasteiger partial charge >= 0.3 is 5.63 Å². The summed E-state index contributed by atoms with van der Waals surface area (Å²) in [6.07, 6.45) is -1.01. The van der Waals surface area contributed by atoms with Gasteiger partial charge in [0.25, 0.3) is 0 Å². The standard InChI is InChI=1S/C30H20O7/c1-2-34-30-25(24-19(31)14-22-18(27(24)32)13-16-8-4-6-10-20(16)35-22)26-28(37-30)23-17-9-5-3-7-15(17)11-12-21(23)36-29(26)33/h3-14,25,30,32H,2H2,1H3. The average molecular weight is 492 g/mol. The number of rotatable bonds is 3. The van der Waals surface area contributed by atoms with Crippen LogP contribution in [-0.2, 0) is 4.74 Å². The highest BCUT2D eigenvalue weighted by Gasteiger charge is 2.44. The van der Waals surface area contributed by atoms with Crippen molar-refractivity contribution >= 4 is 32.7 Å². The molecule has 2 atom stereocenters. The molecule has 182 valence electrons. The first-order valence-corrected chi connectivity index (χ1v) is 12.0. The third-order valence-electron chi connectivity index (χ3n) is 6.99. The molecular weight excluding hydrogens is 472 g/mol. The number of para-hydroxylation sites is 1. The molecule has 0 fully saturated rings. The van der Waals surface area contributed by atoms with E-state index < -0.39 is 23.3 Å². The molecule has 0 amide bonds. The van der Waals surface area contributed by atoms with E-state index in [1.165, 1.54) is 6.07 Å². The van der Waals surface area contributed by atoms with E-state index in [4.69, 9.17) is 18.3 Å². The van der Waals surface area contributed by atoms with Gasteiger partial charge in [0.15, 0.2) is 5.43 Å². The van der Waals surface area contributed by atoms with Crippen molar-refractivity contribution in [2.45, 2.75) is 19.1 Å². The van der Waals surface area contributed by atoms with Crippen molar-refractivity contribution in [3.8, 4) is 22.8 Å². The Hall–Kier alpha value is -4.62. The van der Waals surface area contributed by atoms with Gasteiger partial charge in [-0.25, -0.2) is 4.79 Å². The molecule has 2 aliphatic heterocycles. The van der Waals surface area contributed by atoms with Crippen molar-refractivity contribution in [1.29, 1.82) is 0 Å². The first kappa shape index (κ1) is 21.6. The topological polar surface area (TPSA) is 99.1 Å². The van der Waals surface area contributed by atoms with E-state index in [9.17, 15) is 14.7 Å². The number of fused-ring (bicyclic) bond motifs is 7. The molecule has 7 nitrogen and oxygen atoms in total. The molecule has 3 aromatic carbocycles. The first-order chi connectivity index (χ1) is 18.0. The maximum absolute atomic E-state index is 13.5.